The van der Waals surface area contributed by atoms with Gasteiger partial charge in [0.2, 0.25) is 0 Å². The van der Waals surface area contributed by atoms with E-state index in [1.165, 1.54) is 0 Å². The first-order chi connectivity index (χ1) is 9.99. The number of nitrogens with one attached hydrogen (secondary N) is 1. The highest BCUT2D eigenvalue weighted by Crippen LogP contribution is 2.31. The van der Waals surface area contributed by atoms with Crippen molar-refractivity contribution >= 4 is 23.2 Å². The smallest absolute Gasteiger partial charge is 0.253 e. The van der Waals surface area contributed by atoms with Gasteiger partial charge in [0.1, 0.15) is 0 Å². The molecule has 0 radical (unpaired) electrons. The van der Waals surface area contributed by atoms with Crippen LogP contribution in [0.5, 0.6) is 0 Å². The van der Waals surface area contributed by atoms with E-state index in [0.717, 1.165) is 25.7 Å². The predicted molar refractivity (Wildman–Crippen MR) is 85.6 cm³/mol. The molecule has 0 spiro atoms. The third-order valence-corrected chi connectivity index (χ3v) is 4.61. The molecule has 1 fully saturated rings. The van der Waals surface area contributed by atoms with Gasteiger partial charge in [-0.2, -0.15) is 0 Å². The van der Waals surface area contributed by atoms with Gasteiger partial charge in [-0.3, -0.25) is 4.79 Å². The summed E-state index contributed by atoms with van der Waals surface area (Å²) >= 11 is 5.94. The minimum Gasteiger partial charge on any atom is -0.398 e. The molecule has 5 heteroatoms. The van der Waals surface area contributed by atoms with Gasteiger partial charge in [-0.15, -0.1) is 0 Å². The minimum atomic E-state index is -0.164. The fraction of sp³-hybridized carbons (Fsp3) is 0.562. The number of nitrogen functional groups attached to an aromatic ring is 1. The Morgan fingerprint density at radius 2 is 2.19 bits per heavy atom. The Morgan fingerprint density at radius 1 is 1.48 bits per heavy atom. The molecule has 1 aromatic carbocycles. The van der Waals surface area contributed by atoms with Crippen LogP contribution >= 0.6 is 11.6 Å². The molecule has 1 aromatic rings. The van der Waals surface area contributed by atoms with Crippen LogP contribution in [0, 0.1) is 0 Å². The molecule has 0 bridgehead atoms. The van der Waals surface area contributed by atoms with E-state index in [-0.39, 0.29) is 17.6 Å². The number of rotatable bonds is 4. The topological polar surface area (TPSA) is 64.4 Å². The molecule has 1 atom stereocenters. The average molecular weight is 311 g/mol. The van der Waals surface area contributed by atoms with E-state index < -0.39 is 0 Å². The lowest BCUT2D eigenvalue weighted by Crippen LogP contribution is -2.48. The summed E-state index contributed by atoms with van der Waals surface area (Å²) in [7, 11) is 0. The van der Waals surface area contributed by atoms with Crippen molar-refractivity contribution in [2.45, 2.75) is 51.2 Å². The number of ether oxygens (including phenoxy) is 1. The number of halogens is 1. The summed E-state index contributed by atoms with van der Waals surface area (Å²) in [5.41, 5.74) is 6.63. The quantitative estimate of drug-likeness (QED) is 0.838. The zero-order chi connectivity index (χ0) is 15.5. The van der Waals surface area contributed by atoms with E-state index >= 15 is 0 Å². The highest BCUT2D eigenvalue weighted by molar-refractivity contribution is 6.31. The number of anilines is 1. The van der Waals surface area contributed by atoms with E-state index in [2.05, 4.69) is 19.2 Å². The maximum absolute atomic E-state index is 12.4. The van der Waals surface area contributed by atoms with Crippen LogP contribution < -0.4 is 11.1 Å². The van der Waals surface area contributed by atoms with Gasteiger partial charge in [-0.1, -0.05) is 25.4 Å². The summed E-state index contributed by atoms with van der Waals surface area (Å²) in [6, 6.07) is 5.06. The number of hydrogen-bond acceptors (Lipinski definition) is 3. The fourth-order valence-electron chi connectivity index (χ4n) is 2.88. The third kappa shape index (κ3) is 3.69. The van der Waals surface area contributed by atoms with Crippen LogP contribution in [0.2, 0.25) is 5.02 Å². The van der Waals surface area contributed by atoms with Crippen molar-refractivity contribution in [3.05, 3.63) is 28.8 Å². The van der Waals surface area contributed by atoms with E-state index in [1.54, 1.807) is 18.2 Å². The SMILES string of the molecule is CCC1(CC)CC(NC(=O)c2cc(Cl)ccc2N)CCO1. The Bertz CT molecular complexity index is 515. The number of carbonyl (C=O) groups is 1. The summed E-state index contributed by atoms with van der Waals surface area (Å²) in [6.07, 6.45) is 3.57. The van der Waals surface area contributed by atoms with Gasteiger partial charge in [-0.05, 0) is 43.9 Å². The lowest BCUT2D eigenvalue weighted by atomic mass is 9.86. The maximum atomic E-state index is 12.4. The zero-order valence-corrected chi connectivity index (χ0v) is 13.4. The minimum absolute atomic E-state index is 0.115. The predicted octanol–water partition coefficient (Wildman–Crippen LogP) is 3.39. The molecule has 0 aliphatic carbocycles. The molecule has 0 saturated carbocycles. The van der Waals surface area contributed by atoms with Crippen molar-refractivity contribution in [3.8, 4) is 0 Å². The van der Waals surface area contributed by atoms with Gasteiger partial charge >= 0.3 is 0 Å². The molecule has 0 aromatic heterocycles. The largest absolute Gasteiger partial charge is 0.398 e. The molecule has 1 heterocycles. The number of benzene rings is 1. The Morgan fingerprint density at radius 3 is 2.86 bits per heavy atom. The molecule has 3 N–H and O–H groups in total. The molecule has 1 unspecified atom stereocenters. The first-order valence-electron chi connectivity index (χ1n) is 7.49. The van der Waals surface area contributed by atoms with Crippen molar-refractivity contribution < 1.29 is 9.53 Å². The number of amides is 1. The number of hydrogen-bond donors (Lipinski definition) is 2. The van der Waals surface area contributed by atoms with Gasteiger partial charge in [0.05, 0.1) is 11.2 Å². The highest BCUT2D eigenvalue weighted by Gasteiger charge is 2.35. The molecule has 4 nitrogen and oxygen atoms in total. The van der Waals surface area contributed by atoms with Crippen LogP contribution in [0.1, 0.15) is 49.9 Å². The molecule has 1 amide bonds. The molecular weight excluding hydrogens is 288 g/mol. The Kier molecular flexibility index (Phi) is 5.12. The van der Waals surface area contributed by atoms with Gasteiger partial charge in [-0.25, -0.2) is 0 Å². The van der Waals surface area contributed by atoms with Crippen LogP contribution in [-0.2, 0) is 4.74 Å². The normalized spacial score (nSPS) is 21.0. The second-order valence-electron chi connectivity index (χ2n) is 5.63. The van der Waals surface area contributed by atoms with Crippen LogP contribution in [0.15, 0.2) is 18.2 Å². The van der Waals surface area contributed by atoms with E-state index in [0.29, 0.717) is 22.9 Å². The van der Waals surface area contributed by atoms with Crippen LogP contribution in [0.3, 0.4) is 0 Å². The van der Waals surface area contributed by atoms with Crippen LogP contribution in [0.4, 0.5) is 5.69 Å². The standard InChI is InChI=1S/C16H23ClN2O2/c1-3-16(4-2)10-12(7-8-21-16)19-15(20)13-9-11(17)5-6-14(13)18/h5-6,9,12H,3-4,7-8,10,18H2,1-2H3,(H,19,20). The number of carbonyl (C=O) groups excluding carboxylic acids is 1. The molecule has 1 saturated heterocycles. The fourth-order valence-corrected chi connectivity index (χ4v) is 3.05. The van der Waals surface area contributed by atoms with E-state index in [9.17, 15) is 4.79 Å². The summed E-state index contributed by atoms with van der Waals surface area (Å²) in [5, 5.41) is 3.58. The van der Waals surface area contributed by atoms with Crippen molar-refractivity contribution in [3.63, 3.8) is 0 Å². The summed E-state index contributed by atoms with van der Waals surface area (Å²) in [6.45, 7) is 4.93. The Labute approximate surface area is 131 Å². The van der Waals surface area contributed by atoms with E-state index in [1.807, 2.05) is 0 Å². The summed E-state index contributed by atoms with van der Waals surface area (Å²) in [4.78, 5) is 12.4. The zero-order valence-electron chi connectivity index (χ0n) is 12.6. The first kappa shape index (κ1) is 16.1. The Balaban J connectivity index is 2.07. The van der Waals surface area contributed by atoms with Crippen molar-refractivity contribution in [1.82, 2.24) is 5.32 Å². The molecule has 116 valence electrons. The van der Waals surface area contributed by atoms with Crippen molar-refractivity contribution in [2.75, 3.05) is 12.3 Å². The molecule has 1 aliphatic heterocycles. The lowest BCUT2D eigenvalue weighted by molar-refractivity contribution is -0.0917. The molecule has 21 heavy (non-hydrogen) atoms. The Hall–Kier alpha value is -1.26. The second-order valence-corrected chi connectivity index (χ2v) is 6.07. The van der Waals surface area contributed by atoms with Gasteiger partial charge in [0.25, 0.3) is 5.91 Å². The second kappa shape index (κ2) is 6.67. The third-order valence-electron chi connectivity index (χ3n) is 4.38. The summed E-state index contributed by atoms with van der Waals surface area (Å²) < 4.78 is 5.93. The molecule has 1 aliphatic rings. The van der Waals surface area contributed by atoms with Crippen LogP contribution in [0.25, 0.3) is 0 Å². The van der Waals surface area contributed by atoms with E-state index in [4.69, 9.17) is 22.1 Å². The monoisotopic (exact) mass is 310 g/mol. The number of nitrogens with two attached hydrogens (primary N) is 1. The maximum Gasteiger partial charge on any atom is 0.253 e. The average Bonchev–Trinajstić information content (AvgIpc) is 2.49. The van der Waals surface area contributed by atoms with Gasteiger partial charge in [0.15, 0.2) is 0 Å². The van der Waals surface area contributed by atoms with Gasteiger partial charge < -0.3 is 15.8 Å². The molecule has 2 rings (SSSR count). The van der Waals surface area contributed by atoms with Crippen molar-refractivity contribution in [2.24, 2.45) is 0 Å². The summed E-state index contributed by atoms with van der Waals surface area (Å²) in [5.74, 6) is -0.164. The van der Waals surface area contributed by atoms with Gasteiger partial charge in [0, 0.05) is 23.4 Å². The first-order valence-corrected chi connectivity index (χ1v) is 7.87. The van der Waals surface area contributed by atoms with Crippen molar-refractivity contribution in [1.29, 1.82) is 0 Å². The molecular formula is C16H23ClN2O2. The van der Waals surface area contributed by atoms with Crippen LogP contribution in [-0.4, -0.2) is 24.2 Å². The highest BCUT2D eigenvalue weighted by atomic mass is 35.5. The lowest BCUT2D eigenvalue weighted by Gasteiger charge is -2.40.